The maximum atomic E-state index is 11.8. The zero-order chi connectivity index (χ0) is 16.0. The van der Waals surface area contributed by atoms with Crippen LogP contribution in [0.4, 0.5) is 4.79 Å². The van der Waals surface area contributed by atoms with E-state index < -0.39 is 10.0 Å². The number of carbonyl (C=O) groups is 1. The topological polar surface area (TPSA) is 109 Å². The summed E-state index contributed by atoms with van der Waals surface area (Å²) in [7, 11) is -3.13. The Balaban J connectivity index is 1.60. The molecular formula is C12H22N6O3S. The Morgan fingerprint density at radius 2 is 2.09 bits per heavy atom. The average Bonchev–Trinajstić information content (AvgIpc) is 2.96. The third kappa shape index (κ3) is 5.26. The van der Waals surface area contributed by atoms with Crippen molar-refractivity contribution in [1.29, 1.82) is 0 Å². The molecule has 1 aliphatic rings. The molecule has 1 aliphatic heterocycles. The zero-order valence-corrected chi connectivity index (χ0v) is 13.4. The maximum absolute atomic E-state index is 11.8. The number of nitrogens with one attached hydrogen (secondary N) is 2. The Morgan fingerprint density at radius 3 is 2.68 bits per heavy atom. The molecule has 10 heteroatoms. The van der Waals surface area contributed by atoms with Gasteiger partial charge < -0.3 is 10.6 Å². The third-order valence-electron chi connectivity index (χ3n) is 3.57. The summed E-state index contributed by atoms with van der Waals surface area (Å²) < 4.78 is 26.0. The van der Waals surface area contributed by atoms with E-state index in [1.165, 1.54) is 16.9 Å². The highest BCUT2D eigenvalue weighted by atomic mass is 32.2. The number of aromatic nitrogens is 3. The third-order valence-corrected chi connectivity index (χ3v) is 4.88. The van der Waals surface area contributed by atoms with Gasteiger partial charge in [-0.2, -0.15) is 5.10 Å². The van der Waals surface area contributed by atoms with Crippen LogP contribution in [-0.2, 0) is 16.6 Å². The first-order chi connectivity index (χ1) is 10.4. The quantitative estimate of drug-likeness (QED) is 0.676. The van der Waals surface area contributed by atoms with Crippen molar-refractivity contribution in [3.63, 3.8) is 0 Å². The fraction of sp³-hybridized carbons (Fsp3) is 0.750. The minimum atomic E-state index is -3.13. The standard InChI is InChI=1S/C12H22N6O3S/c1-22(20,21)18-7-3-11(4-8-18)16-12(19)14-5-2-6-17-10-13-9-15-17/h9-11H,2-8H2,1H3,(H2,14,16,19). The van der Waals surface area contributed by atoms with Crippen LogP contribution in [0.3, 0.4) is 0 Å². The molecule has 1 fully saturated rings. The lowest BCUT2D eigenvalue weighted by Crippen LogP contribution is -2.49. The van der Waals surface area contributed by atoms with Crippen LogP contribution in [0.2, 0.25) is 0 Å². The van der Waals surface area contributed by atoms with Gasteiger partial charge in [-0.3, -0.25) is 4.68 Å². The first-order valence-corrected chi connectivity index (χ1v) is 9.12. The summed E-state index contributed by atoms with van der Waals surface area (Å²) in [4.78, 5) is 15.6. The minimum Gasteiger partial charge on any atom is -0.338 e. The molecule has 1 aromatic rings. The normalized spacial score (nSPS) is 17.3. The molecule has 2 heterocycles. The molecule has 9 nitrogen and oxygen atoms in total. The number of amides is 2. The summed E-state index contributed by atoms with van der Waals surface area (Å²) in [5.74, 6) is 0. The van der Waals surface area contributed by atoms with E-state index in [4.69, 9.17) is 0 Å². The lowest BCUT2D eigenvalue weighted by atomic mass is 10.1. The molecule has 124 valence electrons. The van der Waals surface area contributed by atoms with E-state index in [1.807, 2.05) is 0 Å². The molecule has 0 bridgehead atoms. The summed E-state index contributed by atoms with van der Waals surface area (Å²) in [6.07, 6.45) is 6.36. The van der Waals surface area contributed by atoms with E-state index >= 15 is 0 Å². The number of hydrogen-bond donors (Lipinski definition) is 2. The van der Waals surface area contributed by atoms with Gasteiger partial charge in [-0.05, 0) is 19.3 Å². The molecule has 2 amide bonds. The Labute approximate surface area is 130 Å². The highest BCUT2D eigenvalue weighted by Gasteiger charge is 2.25. The summed E-state index contributed by atoms with van der Waals surface area (Å²) >= 11 is 0. The van der Waals surface area contributed by atoms with Crippen molar-refractivity contribution in [3.05, 3.63) is 12.7 Å². The van der Waals surface area contributed by atoms with Gasteiger partial charge in [0.2, 0.25) is 10.0 Å². The van der Waals surface area contributed by atoms with Gasteiger partial charge in [0, 0.05) is 32.2 Å². The van der Waals surface area contributed by atoms with Gasteiger partial charge >= 0.3 is 6.03 Å². The summed E-state index contributed by atoms with van der Waals surface area (Å²) in [6, 6.07) is -0.190. The number of piperidine rings is 1. The van der Waals surface area contributed by atoms with Crippen molar-refractivity contribution in [3.8, 4) is 0 Å². The molecule has 1 saturated heterocycles. The number of hydrogen-bond acceptors (Lipinski definition) is 5. The van der Waals surface area contributed by atoms with Crippen LogP contribution in [-0.4, -0.2) is 65.5 Å². The molecule has 0 aliphatic carbocycles. The van der Waals surface area contributed by atoms with Crippen molar-refractivity contribution in [2.45, 2.75) is 31.8 Å². The van der Waals surface area contributed by atoms with Gasteiger partial charge in [0.05, 0.1) is 6.26 Å². The number of carbonyl (C=O) groups excluding carboxylic acids is 1. The first kappa shape index (κ1) is 16.7. The smallest absolute Gasteiger partial charge is 0.315 e. The lowest BCUT2D eigenvalue weighted by Gasteiger charge is -2.30. The molecule has 0 radical (unpaired) electrons. The summed E-state index contributed by atoms with van der Waals surface area (Å²) in [5.41, 5.74) is 0. The highest BCUT2D eigenvalue weighted by Crippen LogP contribution is 2.12. The van der Waals surface area contributed by atoms with Crippen LogP contribution in [0.25, 0.3) is 0 Å². The molecule has 0 aromatic carbocycles. The molecule has 0 saturated carbocycles. The zero-order valence-electron chi connectivity index (χ0n) is 12.6. The monoisotopic (exact) mass is 330 g/mol. The average molecular weight is 330 g/mol. The van der Waals surface area contributed by atoms with Gasteiger partial charge in [-0.1, -0.05) is 0 Å². The van der Waals surface area contributed by atoms with Gasteiger partial charge in [0.15, 0.2) is 0 Å². The highest BCUT2D eigenvalue weighted by molar-refractivity contribution is 7.88. The van der Waals surface area contributed by atoms with Crippen LogP contribution in [0, 0.1) is 0 Å². The van der Waals surface area contributed by atoms with E-state index in [2.05, 4.69) is 20.7 Å². The van der Waals surface area contributed by atoms with E-state index in [0.29, 0.717) is 39.0 Å². The van der Waals surface area contributed by atoms with Gasteiger partial charge in [0.25, 0.3) is 0 Å². The van der Waals surface area contributed by atoms with E-state index in [9.17, 15) is 13.2 Å². The number of aryl methyl sites for hydroxylation is 1. The fourth-order valence-electron chi connectivity index (χ4n) is 2.36. The lowest BCUT2D eigenvalue weighted by molar-refractivity contribution is 0.227. The summed E-state index contributed by atoms with van der Waals surface area (Å²) in [6.45, 7) is 2.16. The second-order valence-corrected chi connectivity index (χ2v) is 7.33. The SMILES string of the molecule is CS(=O)(=O)N1CCC(NC(=O)NCCCn2cncn2)CC1. The molecule has 0 unspecified atom stereocenters. The van der Waals surface area contributed by atoms with Crippen LogP contribution < -0.4 is 10.6 Å². The van der Waals surface area contributed by atoms with Crippen LogP contribution >= 0.6 is 0 Å². The molecule has 2 rings (SSSR count). The molecule has 22 heavy (non-hydrogen) atoms. The van der Waals surface area contributed by atoms with Crippen molar-refractivity contribution < 1.29 is 13.2 Å². The van der Waals surface area contributed by atoms with Gasteiger partial charge in [-0.15, -0.1) is 0 Å². The number of rotatable bonds is 6. The predicted molar refractivity (Wildman–Crippen MR) is 80.6 cm³/mol. The Morgan fingerprint density at radius 1 is 1.36 bits per heavy atom. The van der Waals surface area contributed by atoms with Gasteiger partial charge in [0.1, 0.15) is 12.7 Å². The van der Waals surface area contributed by atoms with Crippen molar-refractivity contribution >= 4 is 16.1 Å². The number of nitrogens with zero attached hydrogens (tertiary/aromatic N) is 4. The van der Waals surface area contributed by atoms with Crippen molar-refractivity contribution in [2.75, 3.05) is 25.9 Å². The van der Waals surface area contributed by atoms with E-state index in [0.717, 1.165) is 6.42 Å². The number of sulfonamides is 1. The fourth-order valence-corrected chi connectivity index (χ4v) is 3.23. The Bertz CT molecular complexity index is 566. The largest absolute Gasteiger partial charge is 0.338 e. The number of urea groups is 1. The van der Waals surface area contributed by atoms with Crippen molar-refractivity contribution in [1.82, 2.24) is 29.7 Å². The van der Waals surface area contributed by atoms with Crippen LogP contribution in [0.1, 0.15) is 19.3 Å². The molecule has 1 aromatic heterocycles. The second kappa shape index (κ2) is 7.54. The molecular weight excluding hydrogens is 308 g/mol. The van der Waals surface area contributed by atoms with E-state index in [1.54, 1.807) is 11.0 Å². The first-order valence-electron chi connectivity index (χ1n) is 7.27. The van der Waals surface area contributed by atoms with Crippen LogP contribution in [0.15, 0.2) is 12.7 Å². The van der Waals surface area contributed by atoms with E-state index in [-0.39, 0.29) is 12.1 Å². The second-order valence-electron chi connectivity index (χ2n) is 5.35. The molecule has 0 atom stereocenters. The van der Waals surface area contributed by atoms with Gasteiger partial charge in [-0.25, -0.2) is 22.5 Å². The van der Waals surface area contributed by atoms with Crippen LogP contribution in [0.5, 0.6) is 0 Å². The van der Waals surface area contributed by atoms with Crippen molar-refractivity contribution in [2.24, 2.45) is 0 Å². The summed E-state index contributed by atoms with van der Waals surface area (Å²) in [5, 5.41) is 9.65. The molecule has 2 N–H and O–H groups in total. The maximum Gasteiger partial charge on any atom is 0.315 e. The Hall–Kier alpha value is -1.68. The molecule has 0 spiro atoms. The predicted octanol–water partition coefficient (Wildman–Crippen LogP) is -0.609. The Kier molecular flexibility index (Phi) is 5.72. The minimum absolute atomic E-state index is 0.0216.